The Balaban J connectivity index is 2.06. The molecule has 1 aromatic rings. The van der Waals surface area contributed by atoms with Gasteiger partial charge in [0.2, 0.25) is 0 Å². The lowest BCUT2D eigenvalue weighted by Crippen LogP contribution is -2.21. The summed E-state index contributed by atoms with van der Waals surface area (Å²) in [6.07, 6.45) is 1.32. The number of nitrogen functional groups attached to an aromatic ring is 1. The highest BCUT2D eigenvalue weighted by molar-refractivity contribution is 5.50. The van der Waals surface area contributed by atoms with Gasteiger partial charge in [-0.15, -0.1) is 0 Å². The van der Waals surface area contributed by atoms with E-state index in [9.17, 15) is 0 Å². The molecule has 1 aliphatic heterocycles. The summed E-state index contributed by atoms with van der Waals surface area (Å²) in [4.78, 5) is 2.26. The Labute approximate surface area is 95.9 Å². The molecule has 0 aliphatic carbocycles. The zero-order valence-corrected chi connectivity index (χ0v) is 9.77. The van der Waals surface area contributed by atoms with Gasteiger partial charge in [-0.25, -0.2) is 0 Å². The summed E-state index contributed by atoms with van der Waals surface area (Å²) in [5, 5.41) is 0. The van der Waals surface area contributed by atoms with Crippen LogP contribution < -0.4 is 15.2 Å². The lowest BCUT2D eigenvalue weighted by molar-refractivity contribution is 0.207. The van der Waals surface area contributed by atoms with Crippen molar-refractivity contribution >= 4 is 5.69 Å². The molecule has 1 aromatic carbocycles. The number of likely N-dealkylation sites (N-methyl/N-ethyl adjacent to an activating group) is 1. The summed E-state index contributed by atoms with van der Waals surface area (Å²) < 4.78 is 11.0. The van der Waals surface area contributed by atoms with Crippen LogP contribution in [0.3, 0.4) is 0 Å². The van der Waals surface area contributed by atoms with Crippen LogP contribution in [0.2, 0.25) is 0 Å². The first-order valence-electron chi connectivity index (χ1n) is 5.47. The summed E-state index contributed by atoms with van der Waals surface area (Å²) >= 11 is 0. The van der Waals surface area contributed by atoms with Gasteiger partial charge in [0.1, 0.15) is 17.6 Å². The van der Waals surface area contributed by atoms with Crippen molar-refractivity contribution in [3.05, 3.63) is 18.2 Å². The smallest absolute Gasteiger partial charge is 0.125 e. The number of nitrogens with two attached hydrogens (primary N) is 1. The molecule has 1 heterocycles. The second-order valence-corrected chi connectivity index (χ2v) is 4.23. The van der Waals surface area contributed by atoms with Crippen molar-refractivity contribution in [1.29, 1.82) is 0 Å². The zero-order chi connectivity index (χ0) is 11.5. The largest absolute Gasteiger partial charge is 0.497 e. The Kier molecular flexibility index (Phi) is 3.19. The van der Waals surface area contributed by atoms with Gasteiger partial charge in [0, 0.05) is 37.0 Å². The maximum atomic E-state index is 5.87. The summed E-state index contributed by atoms with van der Waals surface area (Å²) in [6, 6.07) is 5.49. The van der Waals surface area contributed by atoms with Gasteiger partial charge in [0.15, 0.2) is 0 Å². The van der Waals surface area contributed by atoms with Crippen molar-refractivity contribution in [3.8, 4) is 11.5 Å². The SMILES string of the molecule is COc1cc(N)cc(OC2CCN(C)C2)c1. The molecule has 16 heavy (non-hydrogen) atoms. The summed E-state index contributed by atoms with van der Waals surface area (Å²) in [7, 11) is 3.73. The number of likely N-dealkylation sites (tertiary alicyclic amines) is 1. The van der Waals surface area contributed by atoms with E-state index in [1.54, 1.807) is 13.2 Å². The third-order valence-corrected chi connectivity index (χ3v) is 2.79. The van der Waals surface area contributed by atoms with Crippen molar-refractivity contribution in [2.24, 2.45) is 0 Å². The fourth-order valence-electron chi connectivity index (χ4n) is 1.96. The maximum Gasteiger partial charge on any atom is 0.125 e. The maximum absolute atomic E-state index is 5.87. The number of hydrogen-bond acceptors (Lipinski definition) is 4. The molecule has 1 aliphatic rings. The second-order valence-electron chi connectivity index (χ2n) is 4.23. The summed E-state index contributed by atoms with van der Waals surface area (Å²) in [5.74, 6) is 1.53. The second kappa shape index (κ2) is 4.61. The first-order chi connectivity index (χ1) is 7.67. The molecular weight excluding hydrogens is 204 g/mol. The number of methoxy groups -OCH3 is 1. The van der Waals surface area contributed by atoms with E-state index >= 15 is 0 Å². The van der Waals surface area contributed by atoms with Crippen LogP contribution in [-0.4, -0.2) is 38.3 Å². The number of ether oxygens (including phenoxy) is 2. The minimum atomic E-state index is 0.261. The van der Waals surface area contributed by atoms with E-state index < -0.39 is 0 Å². The molecule has 88 valence electrons. The number of rotatable bonds is 3. The third kappa shape index (κ3) is 2.58. The van der Waals surface area contributed by atoms with Crippen molar-refractivity contribution in [2.45, 2.75) is 12.5 Å². The van der Waals surface area contributed by atoms with Gasteiger partial charge in [-0.2, -0.15) is 0 Å². The zero-order valence-electron chi connectivity index (χ0n) is 9.77. The molecule has 1 unspecified atom stereocenters. The number of hydrogen-bond donors (Lipinski definition) is 1. The molecule has 4 nitrogen and oxygen atoms in total. The van der Waals surface area contributed by atoms with Gasteiger partial charge < -0.3 is 20.1 Å². The number of benzene rings is 1. The predicted octanol–water partition coefficient (Wildman–Crippen LogP) is 1.36. The average Bonchev–Trinajstić information content (AvgIpc) is 2.63. The molecule has 4 heteroatoms. The van der Waals surface area contributed by atoms with E-state index in [2.05, 4.69) is 11.9 Å². The van der Waals surface area contributed by atoms with Crippen molar-refractivity contribution in [1.82, 2.24) is 4.90 Å². The van der Waals surface area contributed by atoms with Crippen molar-refractivity contribution < 1.29 is 9.47 Å². The molecule has 0 bridgehead atoms. The van der Waals surface area contributed by atoms with E-state index in [-0.39, 0.29) is 6.10 Å². The van der Waals surface area contributed by atoms with Crippen LogP contribution in [0.15, 0.2) is 18.2 Å². The summed E-state index contributed by atoms with van der Waals surface area (Å²) in [6.45, 7) is 2.06. The standard InChI is InChI=1S/C12H18N2O2/c1-14-4-3-10(8-14)16-12-6-9(13)5-11(7-12)15-2/h5-7,10H,3-4,8,13H2,1-2H3. The average molecular weight is 222 g/mol. The first-order valence-corrected chi connectivity index (χ1v) is 5.47. The van der Waals surface area contributed by atoms with Crippen LogP contribution in [0, 0.1) is 0 Å². The highest BCUT2D eigenvalue weighted by Gasteiger charge is 2.21. The Morgan fingerprint density at radius 3 is 2.69 bits per heavy atom. The van der Waals surface area contributed by atoms with Gasteiger partial charge in [-0.05, 0) is 13.5 Å². The minimum Gasteiger partial charge on any atom is -0.497 e. The normalized spacial score (nSPS) is 21.0. The van der Waals surface area contributed by atoms with Crippen molar-refractivity contribution in [3.63, 3.8) is 0 Å². The van der Waals surface area contributed by atoms with E-state index in [1.807, 2.05) is 12.1 Å². The molecule has 0 saturated carbocycles. The third-order valence-electron chi connectivity index (χ3n) is 2.79. The lowest BCUT2D eigenvalue weighted by Gasteiger charge is -2.15. The topological polar surface area (TPSA) is 47.7 Å². The molecule has 0 radical (unpaired) electrons. The van der Waals surface area contributed by atoms with Gasteiger partial charge in [-0.3, -0.25) is 0 Å². The quantitative estimate of drug-likeness (QED) is 0.784. The number of anilines is 1. The lowest BCUT2D eigenvalue weighted by atomic mass is 10.2. The number of nitrogens with zero attached hydrogens (tertiary/aromatic N) is 1. The highest BCUT2D eigenvalue weighted by atomic mass is 16.5. The molecule has 0 amide bonds. The Morgan fingerprint density at radius 2 is 2.06 bits per heavy atom. The van der Waals surface area contributed by atoms with Crippen LogP contribution in [0.4, 0.5) is 5.69 Å². The minimum absolute atomic E-state index is 0.261. The molecule has 2 N–H and O–H groups in total. The predicted molar refractivity (Wildman–Crippen MR) is 63.9 cm³/mol. The van der Waals surface area contributed by atoms with Crippen LogP contribution in [-0.2, 0) is 0 Å². The van der Waals surface area contributed by atoms with Crippen LogP contribution >= 0.6 is 0 Å². The van der Waals surface area contributed by atoms with Crippen LogP contribution in [0.1, 0.15) is 6.42 Å². The summed E-state index contributed by atoms with van der Waals surface area (Å²) in [5.41, 5.74) is 6.43. The molecular formula is C12H18N2O2. The Bertz CT molecular complexity index is 368. The van der Waals surface area contributed by atoms with Crippen molar-refractivity contribution in [2.75, 3.05) is 33.0 Å². The molecule has 1 atom stereocenters. The highest BCUT2D eigenvalue weighted by Crippen LogP contribution is 2.26. The van der Waals surface area contributed by atoms with Gasteiger partial charge in [0.05, 0.1) is 7.11 Å². The van der Waals surface area contributed by atoms with Gasteiger partial charge in [0.25, 0.3) is 0 Å². The Hall–Kier alpha value is -1.42. The van der Waals surface area contributed by atoms with E-state index in [4.69, 9.17) is 15.2 Å². The van der Waals surface area contributed by atoms with Crippen LogP contribution in [0.5, 0.6) is 11.5 Å². The fraction of sp³-hybridized carbons (Fsp3) is 0.500. The molecule has 1 fully saturated rings. The van der Waals surface area contributed by atoms with Gasteiger partial charge in [-0.1, -0.05) is 0 Å². The van der Waals surface area contributed by atoms with Crippen LogP contribution in [0.25, 0.3) is 0 Å². The van der Waals surface area contributed by atoms with E-state index in [0.717, 1.165) is 31.0 Å². The monoisotopic (exact) mass is 222 g/mol. The van der Waals surface area contributed by atoms with Gasteiger partial charge >= 0.3 is 0 Å². The van der Waals surface area contributed by atoms with E-state index in [1.165, 1.54) is 0 Å². The molecule has 0 aromatic heterocycles. The molecule has 0 spiro atoms. The first kappa shape index (κ1) is 11.1. The molecule has 2 rings (SSSR count). The molecule has 1 saturated heterocycles. The Morgan fingerprint density at radius 1 is 1.31 bits per heavy atom. The fourth-order valence-corrected chi connectivity index (χ4v) is 1.96. The van der Waals surface area contributed by atoms with E-state index in [0.29, 0.717) is 5.69 Å².